The molecule has 4 aromatic rings. The molecule has 0 aliphatic rings. The van der Waals surface area contributed by atoms with E-state index < -0.39 is 40.1 Å². The van der Waals surface area contributed by atoms with Crippen LogP contribution in [0.5, 0.6) is 5.75 Å². The number of fused-ring (bicyclic) bond motifs is 1. The van der Waals surface area contributed by atoms with Gasteiger partial charge in [-0.05, 0) is 42.5 Å². The van der Waals surface area contributed by atoms with Crippen LogP contribution in [-0.4, -0.2) is 32.3 Å². The van der Waals surface area contributed by atoms with E-state index in [0.29, 0.717) is 10.9 Å². The van der Waals surface area contributed by atoms with Gasteiger partial charge < -0.3 is 9.30 Å². The van der Waals surface area contributed by atoms with E-state index in [0.717, 1.165) is 18.4 Å². The Balaban J connectivity index is 1.87. The van der Waals surface area contributed by atoms with Crippen molar-refractivity contribution >= 4 is 26.6 Å². The van der Waals surface area contributed by atoms with Gasteiger partial charge in [-0.2, -0.15) is 14.0 Å². The van der Waals surface area contributed by atoms with Crippen LogP contribution in [0.2, 0.25) is 0 Å². The number of anilines is 1. The van der Waals surface area contributed by atoms with Gasteiger partial charge in [0.2, 0.25) is 10.0 Å². The van der Waals surface area contributed by atoms with E-state index in [-0.39, 0.29) is 22.7 Å². The molecule has 0 spiro atoms. The first kappa shape index (κ1) is 25.1. The molecule has 0 unspecified atom stereocenters. The summed E-state index contributed by atoms with van der Waals surface area (Å²) in [6, 6.07) is 16.7. The fourth-order valence-corrected chi connectivity index (χ4v) is 4.28. The quantitative estimate of drug-likeness (QED) is 0.306. The molecule has 6 nitrogen and oxygen atoms in total. The second kappa shape index (κ2) is 9.54. The highest BCUT2D eigenvalue weighted by molar-refractivity contribution is 7.92. The monoisotopic (exact) mass is 517 g/mol. The summed E-state index contributed by atoms with van der Waals surface area (Å²) in [4.78, 5) is 0. The van der Waals surface area contributed by atoms with Crippen LogP contribution in [0.15, 0.2) is 72.9 Å². The summed E-state index contributed by atoms with van der Waals surface area (Å²) in [5, 5.41) is 9.78. The van der Waals surface area contributed by atoms with Crippen molar-refractivity contribution in [2.75, 3.05) is 17.6 Å². The Morgan fingerprint density at radius 1 is 1.06 bits per heavy atom. The molecule has 1 heterocycles. The molecule has 3 aromatic carbocycles. The van der Waals surface area contributed by atoms with E-state index in [2.05, 4.69) is 4.72 Å². The molecule has 186 valence electrons. The molecule has 0 aliphatic carbocycles. The molecule has 11 heteroatoms. The standard InChI is InChI=1S/C25H19F4N3O3S/c1-36(33,34)31-20-6-5-17-7-8-32(23(17)12-20)21-10-19(11-22(13-21)35-15-24(26)27)25(28,29)18-4-2-3-16(9-18)14-30/h2-13,24,31H,15H2,1H3. The van der Waals surface area contributed by atoms with Crippen LogP contribution in [0.25, 0.3) is 16.6 Å². The molecule has 1 aromatic heterocycles. The molecule has 1 N–H and O–H groups in total. The van der Waals surface area contributed by atoms with E-state index in [1.807, 2.05) is 6.07 Å². The fraction of sp³-hybridized carbons (Fsp3) is 0.160. The normalized spacial score (nSPS) is 12.0. The van der Waals surface area contributed by atoms with Crippen molar-refractivity contribution in [3.63, 3.8) is 0 Å². The summed E-state index contributed by atoms with van der Waals surface area (Å²) >= 11 is 0. The lowest BCUT2D eigenvalue weighted by Gasteiger charge is -2.20. The molecule has 36 heavy (non-hydrogen) atoms. The van der Waals surface area contributed by atoms with Gasteiger partial charge in [0.25, 0.3) is 12.3 Å². The van der Waals surface area contributed by atoms with Crippen LogP contribution in [0, 0.1) is 11.3 Å². The van der Waals surface area contributed by atoms with Gasteiger partial charge in [-0.1, -0.05) is 18.2 Å². The third kappa shape index (κ3) is 5.44. The van der Waals surface area contributed by atoms with Gasteiger partial charge in [-0.15, -0.1) is 0 Å². The molecule has 0 amide bonds. The molecule has 4 rings (SSSR count). The summed E-state index contributed by atoms with van der Waals surface area (Å²) in [5.74, 6) is -3.79. The number of rotatable bonds is 8. The first-order valence-corrected chi connectivity index (χ1v) is 12.4. The molecule has 0 saturated heterocycles. The molecule has 0 radical (unpaired) electrons. The molecule has 0 saturated carbocycles. The summed E-state index contributed by atoms with van der Waals surface area (Å²) in [7, 11) is -3.56. The van der Waals surface area contributed by atoms with Crippen molar-refractivity contribution in [2.45, 2.75) is 12.3 Å². The molecule has 0 fully saturated rings. The van der Waals surface area contributed by atoms with Crippen molar-refractivity contribution in [2.24, 2.45) is 0 Å². The van der Waals surface area contributed by atoms with Crippen LogP contribution in [0.1, 0.15) is 16.7 Å². The van der Waals surface area contributed by atoms with Crippen molar-refractivity contribution in [1.29, 1.82) is 5.26 Å². The zero-order valence-electron chi connectivity index (χ0n) is 18.8. The number of nitriles is 1. The van der Waals surface area contributed by atoms with Gasteiger partial charge in [0.1, 0.15) is 12.4 Å². The lowest BCUT2D eigenvalue weighted by atomic mass is 9.98. The van der Waals surface area contributed by atoms with Gasteiger partial charge in [0.05, 0.1) is 29.1 Å². The average molecular weight is 518 g/mol. The number of hydrogen-bond acceptors (Lipinski definition) is 4. The van der Waals surface area contributed by atoms with Crippen molar-refractivity contribution in [1.82, 2.24) is 4.57 Å². The predicted molar refractivity (Wildman–Crippen MR) is 127 cm³/mol. The van der Waals surface area contributed by atoms with E-state index >= 15 is 8.78 Å². The van der Waals surface area contributed by atoms with E-state index in [4.69, 9.17) is 10.00 Å². The van der Waals surface area contributed by atoms with Gasteiger partial charge >= 0.3 is 0 Å². The second-order valence-electron chi connectivity index (χ2n) is 8.02. The maximum absolute atomic E-state index is 15.6. The number of benzene rings is 3. The third-order valence-electron chi connectivity index (χ3n) is 5.26. The maximum atomic E-state index is 15.6. The zero-order valence-corrected chi connectivity index (χ0v) is 19.6. The van der Waals surface area contributed by atoms with Gasteiger partial charge in [0.15, 0.2) is 0 Å². The zero-order chi connectivity index (χ0) is 26.1. The van der Waals surface area contributed by atoms with Crippen LogP contribution in [0.4, 0.5) is 23.2 Å². The highest BCUT2D eigenvalue weighted by Gasteiger charge is 2.35. The largest absolute Gasteiger partial charge is 0.488 e. The fourth-order valence-electron chi connectivity index (χ4n) is 3.73. The Morgan fingerprint density at radius 2 is 1.83 bits per heavy atom. The van der Waals surface area contributed by atoms with Crippen molar-refractivity contribution < 1.29 is 30.7 Å². The SMILES string of the molecule is CS(=O)(=O)Nc1ccc2ccn(-c3cc(OCC(F)F)cc(C(F)(F)c4cccc(C#N)c4)c3)c2c1. The Bertz CT molecular complexity index is 1580. The summed E-state index contributed by atoms with van der Waals surface area (Å²) in [5.41, 5.74) is -0.0225. The molecule has 0 aliphatic heterocycles. The lowest BCUT2D eigenvalue weighted by molar-refractivity contribution is 0.0421. The average Bonchev–Trinajstić information content (AvgIpc) is 3.25. The smallest absolute Gasteiger partial charge is 0.298 e. The van der Waals surface area contributed by atoms with E-state index in [9.17, 15) is 17.2 Å². The number of ether oxygens (including phenoxy) is 1. The Hall–Kier alpha value is -4.04. The number of nitrogens with one attached hydrogen (secondary N) is 1. The van der Waals surface area contributed by atoms with Crippen molar-refractivity contribution in [3.8, 4) is 17.5 Å². The topological polar surface area (TPSA) is 84.1 Å². The number of aromatic nitrogens is 1. The summed E-state index contributed by atoms with van der Waals surface area (Å²) in [6.07, 6.45) is -0.239. The minimum absolute atomic E-state index is 0.0415. The Morgan fingerprint density at radius 3 is 2.53 bits per heavy atom. The lowest BCUT2D eigenvalue weighted by Crippen LogP contribution is -2.17. The number of sulfonamides is 1. The molecular formula is C25H19F4N3O3S. The molecular weight excluding hydrogens is 498 g/mol. The van der Waals surface area contributed by atoms with E-state index in [1.54, 1.807) is 24.4 Å². The Kier molecular flexibility index (Phi) is 6.65. The van der Waals surface area contributed by atoms with Crippen molar-refractivity contribution in [3.05, 3.63) is 89.6 Å². The van der Waals surface area contributed by atoms with Crippen LogP contribution in [-0.2, 0) is 15.9 Å². The van der Waals surface area contributed by atoms with Crippen LogP contribution >= 0.6 is 0 Å². The first-order valence-electron chi connectivity index (χ1n) is 10.5. The van der Waals surface area contributed by atoms with E-state index in [1.165, 1.54) is 41.0 Å². The predicted octanol–water partition coefficient (Wildman–Crippen LogP) is 5.66. The highest BCUT2D eigenvalue weighted by atomic mass is 32.2. The van der Waals surface area contributed by atoms with Crippen LogP contribution < -0.4 is 9.46 Å². The number of halogens is 4. The highest BCUT2D eigenvalue weighted by Crippen LogP contribution is 2.39. The number of nitrogens with zero attached hydrogens (tertiary/aromatic N) is 2. The minimum atomic E-state index is -3.59. The minimum Gasteiger partial charge on any atom is -0.488 e. The summed E-state index contributed by atoms with van der Waals surface area (Å²) < 4.78 is 89.0. The number of hydrogen-bond donors (Lipinski definition) is 1. The maximum Gasteiger partial charge on any atom is 0.298 e. The van der Waals surface area contributed by atoms with Gasteiger partial charge in [-0.25, -0.2) is 17.2 Å². The van der Waals surface area contributed by atoms with Crippen LogP contribution in [0.3, 0.4) is 0 Å². The van der Waals surface area contributed by atoms with Gasteiger partial charge in [-0.3, -0.25) is 4.72 Å². The molecule has 0 bridgehead atoms. The van der Waals surface area contributed by atoms with Gasteiger partial charge in [0, 0.05) is 34.5 Å². The Labute approximate surface area is 204 Å². The first-order chi connectivity index (χ1) is 17.0. The summed E-state index contributed by atoms with van der Waals surface area (Å²) in [6.45, 7) is -0.993. The number of alkyl halides is 4. The molecule has 0 atom stereocenters. The third-order valence-corrected chi connectivity index (χ3v) is 5.87. The second-order valence-corrected chi connectivity index (χ2v) is 9.77.